The predicted molar refractivity (Wildman–Crippen MR) is 94.5 cm³/mol. The van der Waals surface area contributed by atoms with Crippen LogP contribution in [0.5, 0.6) is 11.5 Å². The minimum atomic E-state index is -0.270. The number of amides is 2. The Bertz CT molecular complexity index is 697. The average Bonchev–Trinajstić information content (AvgIpc) is 2.60. The third-order valence-corrected chi connectivity index (χ3v) is 3.93. The molecule has 2 amide bonds. The molecule has 0 unspecified atom stereocenters. The van der Waals surface area contributed by atoms with Gasteiger partial charge in [-0.15, -0.1) is 0 Å². The van der Waals surface area contributed by atoms with Crippen LogP contribution in [-0.2, 0) is 6.54 Å². The van der Waals surface area contributed by atoms with Crippen LogP contribution < -0.4 is 20.1 Å². The largest absolute Gasteiger partial charge is 0.497 e. The second-order valence-corrected chi connectivity index (χ2v) is 5.65. The van der Waals surface area contributed by atoms with Gasteiger partial charge in [0.15, 0.2) is 6.73 Å². The summed E-state index contributed by atoms with van der Waals surface area (Å²) < 4.78 is 10.8. The van der Waals surface area contributed by atoms with Crippen molar-refractivity contribution in [2.75, 3.05) is 13.8 Å². The normalized spacial score (nSPS) is 10.2. The van der Waals surface area contributed by atoms with E-state index in [0.717, 1.165) is 28.2 Å². The average molecular weight is 328 g/mol. The summed E-state index contributed by atoms with van der Waals surface area (Å²) in [5.41, 5.74) is 4.31. The maximum atomic E-state index is 11.8. The van der Waals surface area contributed by atoms with Crippen molar-refractivity contribution in [1.29, 1.82) is 0 Å². The number of methoxy groups -OCH3 is 1. The quantitative estimate of drug-likeness (QED) is 0.799. The lowest BCUT2D eigenvalue weighted by molar-refractivity contribution is 0.223. The fraction of sp³-hybridized carbons (Fsp3) is 0.316. The van der Waals surface area contributed by atoms with Crippen molar-refractivity contribution in [2.24, 2.45) is 0 Å². The first-order valence-electron chi connectivity index (χ1n) is 7.85. The van der Waals surface area contributed by atoms with Crippen LogP contribution in [0.25, 0.3) is 0 Å². The van der Waals surface area contributed by atoms with Gasteiger partial charge < -0.3 is 20.1 Å². The molecule has 0 atom stereocenters. The Kier molecular flexibility index (Phi) is 6.07. The third-order valence-electron chi connectivity index (χ3n) is 3.93. The van der Waals surface area contributed by atoms with Gasteiger partial charge in [-0.1, -0.05) is 24.3 Å². The van der Waals surface area contributed by atoms with E-state index in [2.05, 4.69) is 16.7 Å². The molecule has 2 N–H and O–H groups in total. The smallest absolute Gasteiger partial charge is 0.317 e. The summed E-state index contributed by atoms with van der Waals surface area (Å²) in [6.45, 7) is 6.61. The fourth-order valence-electron chi connectivity index (χ4n) is 2.31. The molecule has 2 aromatic carbocycles. The lowest BCUT2D eigenvalue weighted by Crippen LogP contribution is -2.37. The number of nitrogens with one attached hydrogen (secondary N) is 2. The van der Waals surface area contributed by atoms with Gasteiger partial charge in [0.2, 0.25) is 0 Å². The summed E-state index contributed by atoms with van der Waals surface area (Å²) >= 11 is 0. The van der Waals surface area contributed by atoms with E-state index in [4.69, 9.17) is 9.47 Å². The highest BCUT2D eigenvalue weighted by molar-refractivity contribution is 5.73. The summed E-state index contributed by atoms with van der Waals surface area (Å²) in [6.07, 6.45) is 0. The van der Waals surface area contributed by atoms with Crippen LogP contribution in [0.1, 0.15) is 22.3 Å². The van der Waals surface area contributed by atoms with Crippen LogP contribution in [0.15, 0.2) is 36.4 Å². The number of rotatable bonds is 6. The van der Waals surface area contributed by atoms with Crippen molar-refractivity contribution in [3.8, 4) is 11.5 Å². The van der Waals surface area contributed by atoms with Gasteiger partial charge in [-0.2, -0.15) is 0 Å². The molecule has 24 heavy (non-hydrogen) atoms. The van der Waals surface area contributed by atoms with E-state index in [-0.39, 0.29) is 12.8 Å². The SMILES string of the molecule is COc1ccc(CNC(=O)NCOc2c(C)ccc(C)c2C)cc1. The Labute approximate surface area is 143 Å². The summed E-state index contributed by atoms with van der Waals surface area (Å²) in [5, 5.41) is 5.49. The summed E-state index contributed by atoms with van der Waals surface area (Å²) in [7, 11) is 1.62. The fourth-order valence-corrected chi connectivity index (χ4v) is 2.31. The minimum absolute atomic E-state index is 0.125. The van der Waals surface area contributed by atoms with Gasteiger partial charge in [0.25, 0.3) is 0 Å². The molecule has 0 bridgehead atoms. The second-order valence-electron chi connectivity index (χ2n) is 5.65. The van der Waals surface area contributed by atoms with Gasteiger partial charge in [-0.25, -0.2) is 4.79 Å². The first-order valence-corrected chi connectivity index (χ1v) is 7.85. The monoisotopic (exact) mass is 328 g/mol. The number of carbonyl (C=O) groups is 1. The number of urea groups is 1. The highest BCUT2D eigenvalue weighted by atomic mass is 16.5. The molecular weight excluding hydrogens is 304 g/mol. The Morgan fingerprint density at radius 2 is 1.62 bits per heavy atom. The van der Waals surface area contributed by atoms with Crippen LogP contribution >= 0.6 is 0 Å². The number of ether oxygens (including phenoxy) is 2. The van der Waals surface area contributed by atoms with E-state index in [1.807, 2.05) is 51.1 Å². The Balaban J connectivity index is 1.78. The molecule has 5 heteroatoms. The van der Waals surface area contributed by atoms with Crippen LogP contribution in [-0.4, -0.2) is 19.9 Å². The number of hydrogen-bond acceptors (Lipinski definition) is 3. The van der Waals surface area contributed by atoms with E-state index >= 15 is 0 Å². The number of hydrogen-bond donors (Lipinski definition) is 2. The van der Waals surface area contributed by atoms with Crippen molar-refractivity contribution in [1.82, 2.24) is 10.6 Å². The van der Waals surface area contributed by atoms with Crippen LogP contribution in [0.3, 0.4) is 0 Å². The van der Waals surface area contributed by atoms with Crippen LogP contribution in [0.2, 0.25) is 0 Å². The maximum absolute atomic E-state index is 11.8. The molecule has 0 heterocycles. The number of aryl methyl sites for hydroxylation is 2. The van der Waals surface area contributed by atoms with Crippen molar-refractivity contribution in [2.45, 2.75) is 27.3 Å². The van der Waals surface area contributed by atoms with Gasteiger partial charge in [0.1, 0.15) is 11.5 Å². The summed E-state index contributed by atoms with van der Waals surface area (Å²) in [4.78, 5) is 11.8. The molecular formula is C19H24N2O3. The Morgan fingerprint density at radius 3 is 2.29 bits per heavy atom. The van der Waals surface area contributed by atoms with Gasteiger partial charge in [0, 0.05) is 6.54 Å². The van der Waals surface area contributed by atoms with Crippen molar-refractivity contribution in [3.63, 3.8) is 0 Å². The molecule has 2 rings (SSSR count). The third kappa shape index (κ3) is 4.65. The Morgan fingerprint density at radius 1 is 0.958 bits per heavy atom. The van der Waals surface area contributed by atoms with Gasteiger partial charge in [-0.3, -0.25) is 0 Å². The molecule has 0 aliphatic carbocycles. The van der Waals surface area contributed by atoms with E-state index in [1.165, 1.54) is 5.56 Å². The molecule has 128 valence electrons. The first-order chi connectivity index (χ1) is 11.5. The molecule has 5 nitrogen and oxygen atoms in total. The van der Waals surface area contributed by atoms with Crippen LogP contribution in [0, 0.1) is 20.8 Å². The molecule has 0 saturated carbocycles. The standard InChI is InChI=1S/C19H24N2O3/c1-13-5-6-14(2)18(15(13)3)24-12-21-19(22)20-11-16-7-9-17(23-4)10-8-16/h5-10H,11-12H2,1-4H3,(H2,20,21,22). The molecule has 0 aromatic heterocycles. The lowest BCUT2D eigenvalue weighted by atomic mass is 10.1. The maximum Gasteiger partial charge on any atom is 0.317 e. The number of carbonyl (C=O) groups excluding carboxylic acids is 1. The zero-order chi connectivity index (χ0) is 17.5. The molecule has 0 fully saturated rings. The van der Waals surface area contributed by atoms with Crippen molar-refractivity contribution >= 4 is 6.03 Å². The summed E-state index contributed by atoms with van der Waals surface area (Å²) in [5.74, 6) is 1.62. The molecule has 2 aromatic rings. The van der Waals surface area contributed by atoms with E-state index < -0.39 is 0 Å². The van der Waals surface area contributed by atoms with Crippen LogP contribution in [0.4, 0.5) is 4.79 Å². The first kappa shape index (κ1) is 17.7. The molecule has 0 spiro atoms. The van der Waals surface area contributed by atoms with E-state index in [9.17, 15) is 4.79 Å². The molecule has 0 aliphatic rings. The topological polar surface area (TPSA) is 59.6 Å². The van der Waals surface area contributed by atoms with E-state index in [1.54, 1.807) is 7.11 Å². The summed E-state index contributed by atoms with van der Waals surface area (Å²) in [6, 6.07) is 11.4. The number of benzene rings is 2. The predicted octanol–water partition coefficient (Wildman–Crippen LogP) is 3.46. The second kappa shape index (κ2) is 8.24. The lowest BCUT2D eigenvalue weighted by Gasteiger charge is -2.14. The zero-order valence-electron chi connectivity index (χ0n) is 14.6. The molecule has 0 radical (unpaired) electrons. The van der Waals surface area contributed by atoms with Gasteiger partial charge in [0.05, 0.1) is 7.11 Å². The zero-order valence-corrected chi connectivity index (χ0v) is 14.6. The van der Waals surface area contributed by atoms with E-state index in [0.29, 0.717) is 6.54 Å². The minimum Gasteiger partial charge on any atom is -0.497 e. The van der Waals surface area contributed by atoms with Crippen molar-refractivity contribution in [3.05, 3.63) is 58.7 Å². The van der Waals surface area contributed by atoms with Gasteiger partial charge in [-0.05, 0) is 55.2 Å². The Hall–Kier alpha value is -2.69. The highest BCUT2D eigenvalue weighted by Gasteiger charge is 2.07. The van der Waals surface area contributed by atoms with Gasteiger partial charge >= 0.3 is 6.03 Å². The highest BCUT2D eigenvalue weighted by Crippen LogP contribution is 2.25. The van der Waals surface area contributed by atoms with Crippen molar-refractivity contribution < 1.29 is 14.3 Å². The molecule has 0 aliphatic heterocycles. The molecule has 0 saturated heterocycles.